The molecule has 1 aromatic heterocycles. The average molecular weight is 333 g/mol. The first-order chi connectivity index (χ1) is 8.11. The third-order valence-corrected chi connectivity index (χ3v) is 4.35. The maximum absolute atomic E-state index is 6.18. The van der Waals surface area contributed by atoms with Crippen LogP contribution in [-0.2, 0) is 0 Å². The van der Waals surface area contributed by atoms with Gasteiger partial charge in [-0.1, -0.05) is 38.9 Å². The van der Waals surface area contributed by atoms with Crippen molar-refractivity contribution >= 4 is 38.9 Å². The van der Waals surface area contributed by atoms with E-state index in [9.17, 15) is 0 Å². The molecule has 0 spiro atoms. The fourth-order valence-corrected chi connectivity index (χ4v) is 3.07. The Hall–Kier alpha value is -0.490. The molecule has 1 aromatic carbocycles. The van der Waals surface area contributed by atoms with Gasteiger partial charge in [0.05, 0.1) is 11.1 Å². The maximum Gasteiger partial charge on any atom is 0.149 e. The number of benzene rings is 1. The van der Waals surface area contributed by atoms with Crippen LogP contribution in [0.4, 0.5) is 0 Å². The van der Waals surface area contributed by atoms with Gasteiger partial charge in [-0.3, -0.25) is 0 Å². The number of hydrogen-bond acceptors (Lipinski definition) is 4. The number of nitrogens with zero attached hydrogens (tertiary/aromatic N) is 2. The highest BCUT2D eigenvalue weighted by molar-refractivity contribution is 9.10. The van der Waals surface area contributed by atoms with E-state index >= 15 is 0 Å². The van der Waals surface area contributed by atoms with Crippen molar-refractivity contribution < 1.29 is 0 Å². The standard InChI is InChI=1S/C11H11BrClN3S/c1-6(14-2)10-15-16-11(17-10)8-4-3-7(12)5-9(8)13/h3-6,14H,1-2H3. The van der Waals surface area contributed by atoms with E-state index in [1.807, 2.05) is 32.2 Å². The molecule has 90 valence electrons. The molecule has 3 nitrogen and oxygen atoms in total. The minimum Gasteiger partial charge on any atom is -0.311 e. The predicted molar refractivity (Wildman–Crippen MR) is 75.5 cm³/mol. The van der Waals surface area contributed by atoms with E-state index in [1.54, 1.807) is 11.3 Å². The third-order valence-electron chi connectivity index (χ3n) is 2.41. The minimum atomic E-state index is 0.204. The van der Waals surface area contributed by atoms with Crippen molar-refractivity contribution in [2.45, 2.75) is 13.0 Å². The molecule has 2 rings (SSSR count). The van der Waals surface area contributed by atoms with Gasteiger partial charge in [0.2, 0.25) is 0 Å². The summed E-state index contributed by atoms with van der Waals surface area (Å²) in [5.41, 5.74) is 0.918. The van der Waals surface area contributed by atoms with Crippen LogP contribution >= 0.6 is 38.9 Å². The van der Waals surface area contributed by atoms with Crippen LogP contribution in [-0.4, -0.2) is 17.2 Å². The van der Waals surface area contributed by atoms with Crippen LogP contribution in [0.5, 0.6) is 0 Å². The summed E-state index contributed by atoms with van der Waals surface area (Å²) in [6.07, 6.45) is 0. The van der Waals surface area contributed by atoms with Gasteiger partial charge in [0.1, 0.15) is 10.0 Å². The molecule has 0 saturated heterocycles. The number of halogens is 2. The smallest absolute Gasteiger partial charge is 0.149 e. The van der Waals surface area contributed by atoms with E-state index < -0.39 is 0 Å². The van der Waals surface area contributed by atoms with Crippen LogP contribution in [0.2, 0.25) is 5.02 Å². The molecule has 1 atom stereocenters. The molecule has 0 bridgehead atoms. The van der Waals surface area contributed by atoms with Crippen molar-refractivity contribution in [2.24, 2.45) is 0 Å². The molecule has 0 aliphatic heterocycles. The molecule has 0 aliphatic carbocycles. The maximum atomic E-state index is 6.18. The zero-order valence-corrected chi connectivity index (χ0v) is 12.5. The van der Waals surface area contributed by atoms with Crippen molar-refractivity contribution in [3.8, 4) is 10.6 Å². The number of aromatic nitrogens is 2. The molecule has 0 fully saturated rings. The molecule has 0 aliphatic rings. The van der Waals surface area contributed by atoms with Gasteiger partial charge in [0.25, 0.3) is 0 Å². The van der Waals surface area contributed by atoms with Crippen LogP contribution in [0.1, 0.15) is 18.0 Å². The fourth-order valence-electron chi connectivity index (χ4n) is 1.30. The third kappa shape index (κ3) is 2.85. The summed E-state index contributed by atoms with van der Waals surface area (Å²) in [7, 11) is 1.90. The van der Waals surface area contributed by atoms with Crippen LogP contribution in [0.3, 0.4) is 0 Å². The van der Waals surface area contributed by atoms with Gasteiger partial charge >= 0.3 is 0 Å². The molecule has 1 unspecified atom stereocenters. The van der Waals surface area contributed by atoms with Gasteiger partial charge in [0, 0.05) is 10.0 Å². The first-order valence-electron chi connectivity index (χ1n) is 5.08. The second-order valence-electron chi connectivity index (χ2n) is 3.58. The first-order valence-corrected chi connectivity index (χ1v) is 7.06. The lowest BCUT2D eigenvalue weighted by Crippen LogP contribution is -2.11. The lowest BCUT2D eigenvalue weighted by atomic mass is 10.2. The van der Waals surface area contributed by atoms with Gasteiger partial charge in [-0.05, 0) is 32.2 Å². The lowest BCUT2D eigenvalue weighted by molar-refractivity contribution is 0.640. The molecule has 2 aromatic rings. The lowest BCUT2D eigenvalue weighted by Gasteiger charge is -2.03. The van der Waals surface area contributed by atoms with E-state index in [1.165, 1.54) is 0 Å². The highest BCUT2D eigenvalue weighted by Gasteiger charge is 2.13. The zero-order valence-electron chi connectivity index (χ0n) is 9.37. The Morgan fingerprint density at radius 2 is 2.18 bits per heavy atom. The van der Waals surface area contributed by atoms with Gasteiger partial charge in [-0.15, -0.1) is 10.2 Å². The first kappa shape index (κ1) is 13.0. The van der Waals surface area contributed by atoms with Gasteiger partial charge in [0.15, 0.2) is 0 Å². The Morgan fingerprint density at radius 1 is 1.41 bits per heavy atom. The molecular weight excluding hydrogens is 322 g/mol. The predicted octanol–water partition coefficient (Wildman–Crippen LogP) is 3.90. The van der Waals surface area contributed by atoms with Crippen molar-refractivity contribution in [3.63, 3.8) is 0 Å². The van der Waals surface area contributed by atoms with Crippen LogP contribution in [0, 0.1) is 0 Å². The topological polar surface area (TPSA) is 37.8 Å². The summed E-state index contributed by atoms with van der Waals surface area (Å²) in [4.78, 5) is 0. The normalized spacial score (nSPS) is 12.7. The number of nitrogens with one attached hydrogen (secondary N) is 1. The summed E-state index contributed by atoms with van der Waals surface area (Å²) in [5, 5.41) is 14.0. The average Bonchev–Trinajstić information content (AvgIpc) is 2.77. The van der Waals surface area contributed by atoms with Crippen molar-refractivity contribution in [3.05, 3.63) is 32.7 Å². The van der Waals surface area contributed by atoms with Gasteiger partial charge in [-0.2, -0.15) is 0 Å². The Kier molecular flexibility index (Phi) is 4.14. The van der Waals surface area contributed by atoms with Crippen molar-refractivity contribution in [2.75, 3.05) is 7.05 Å². The van der Waals surface area contributed by atoms with Crippen molar-refractivity contribution in [1.29, 1.82) is 0 Å². The quantitative estimate of drug-likeness (QED) is 0.926. The van der Waals surface area contributed by atoms with Gasteiger partial charge in [-0.25, -0.2) is 0 Å². The van der Waals surface area contributed by atoms with Crippen LogP contribution in [0.15, 0.2) is 22.7 Å². The molecule has 1 N–H and O–H groups in total. The van der Waals surface area contributed by atoms with E-state index in [0.29, 0.717) is 5.02 Å². The highest BCUT2D eigenvalue weighted by Crippen LogP contribution is 2.33. The Balaban J connectivity index is 2.37. The van der Waals surface area contributed by atoms with Crippen LogP contribution < -0.4 is 5.32 Å². The molecule has 0 radical (unpaired) electrons. The summed E-state index contributed by atoms with van der Waals surface area (Å²) >= 11 is 11.1. The van der Waals surface area contributed by atoms with Crippen molar-refractivity contribution in [1.82, 2.24) is 15.5 Å². The molecule has 17 heavy (non-hydrogen) atoms. The van der Waals surface area contributed by atoms with E-state index in [4.69, 9.17) is 11.6 Å². The number of rotatable bonds is 3. The van der Waals surface area contributed by atoms with E-state index in [0.717, 1.165) is 20.1 Å². The Morgan fingerprint density at radius 3 is 2.82 bits per heavy atom. The molecule has 0 saturated carbocycles. The van der Waals surface area contributed by atoms with Crippen LogP contribution in [0.25, 0.3) is 10.6 Å². The molecular formula is C11H11BrClN3S. The molecule has 6 heteroatoms. The number of hydrogen-bond donors (Lipinski definition) is 1. The van der Waals surface area contributed by atoms with Gasteiger partial charge < -0.3 is 5.32 Å². The summed E-state index contributed by atoms with van der Waals surface area (Å²) in [6, 6.07) is 5.96. The SMILES string of the molecule is CNC(C)c1nnc(-c2ccc(Br)cc2Cl)s1. The minimum absolute atomic E-state index is 0.204. The monoisotopic (exact) mass is 331 g/mol. The zero-order chi connectivity index (χ0) is 12.4. The summed E-state index contributed by atoms with van der Waals surface area (Å²) in [6.45, 7) is 2.05. The second kappa shape index (κ2) is 5.44. The van der Waals surface area contributed by atoms with E-state index in [2.05, 4.69) is 31.4 Å². The largest absolute Gasteiger partial charge is 0.311 e. The van der Waals surface area contributed by atoms with E-state index in [-0.39, 0.29) is 6.04 Å². The summed E-state index contributed by atoms with van der Waals surface area (Å²) < 4.78 is 0.958. The highest BCUT2D eigenvalue weighted by atomic mass is 79.9. The fraction of sp³-hybridized carbons (Fsp3) is 0.273. The molecule has 0 amide bonds. The Labute approximate surface area is 117 Å². The summed E-state index contributed by atoms with van der Waals surface area (Å²) in [5.74, 6) is 0. The second-order valence-corrected chi connectivity index (χ2v) is 5.91. The molecule has 1 heterocycles. The Bertz CT molecular complexity index is 529.